The van der Waals surface area contributed by atoms with Crippen LogP contribution >= 0.6 is 11.3 Å². The van der Waals surface area contributed by atoms with Gasteiger partial charge < -0.3 is 5.11 Å². The fourth-order valence-electron chi connectivity index (χ4n) is 1.15. The molecule has 0 aromatic carbocycles. The van der Waals surface area contributed by atoms with Gasteiger partial charge in [0.2, 0.25) is 0 Å². The third-order valence-electron chi connectivity index (χ3n) is 1.83. The lowest BCUT2D eigenvalue weighted by Crippen LogP contribution is -1.96. The Bertz CT molecular complexity index is 508. The van der Waals surface area contributed by atoms with Gasteiger partial charge >= 0.3 is 5.97 Å². The molecule has 0 unspecified atom stereocenters. The number of carbonyl (C=O) groups is 1. The molecule has 0 aliphatic rings. The minimum Gasteiger partial charge on any atom is -0.476 e. The highest BCUT2D eigenvalue weighted by Gasteiger charge is 2.10. The SMILES string of the molecule is Cc1cccc(-c2nc(C(=O)O)cs2)n1. The summed E-state index contributed by atoms with van der Waals surface area (Å²) < 4.78 is 0. The maximum absolute atomic E-state index is 10.6. The molecular weight excluding hydrogens is 212 g/mol. The summed E-state index contributed by atoms with van der Waals surface area (Å²) in [5.74, 6) is -1.01. The normalized spacial score (nSPS) is 10.2. The summed E-state index contributed by atoms with van der Waals surface area (Å²) in [6.45, 7) is 1.88. The molecule has 2 rings (SSSR count). The molecule has 0 spiro atoms. The molecule has 0 atom stereocenters. The molecule has 0 radical (unpaired) electrons. The van der Waals surface area contributed by atoms with Crippen LogP contribution in [0.1, 0.15) is 16.2 Å². The van der Waals surface area contributed by atoms with E-state index in [9.17, 15) is 4.79 Å². The number of carboxylic acid groups (broad SMARTS) is 1. The van der Waals surface area contributed by atoms with E-state index in [2.05, 4.69) is 9.97 Å². The first-order chi connectivity index (χ1) is 7.16. The Morgan fingerprint density at radius 1 is 1.40 bits per heavy atom. The summed E-state index contributed by atoms with van der Waals surface area (Å²) in [6.07, 6.45) is 0. The molecule has 5 heteroatoms. The Morgan fingerprint density at radius 3 is 2.80 bits per heavy atom. The van der Waals surface area contributed by atoms with E-state index in [1.807, 2.05) is 25.1 Å². The molecule has 76 valence electrons. The van der Waals surface area contributed by atoms with Crippen LogP contribution in [-0.2, 0) is 0 Å². The first-order valence-electron chi connectivity index (χ1n) is 4.29. The number of nitrogens with zero attached hydrogens (tertiary/aromatic N) is 2. The summed E-state index contributed by atoms with van der Waals surface area (Å²) in [5, 5.41) is 10.9. The second-order valence-electron chi connectivity index (χ2n) is 3.01. The van der Waals surface area contributed by atoms with Crippen LogP contribution in [0, 0.1) is 6.92 Å². The minimum absolute atomic E-state index is 0.0679. The fourth-order valence-corrected chi connectivity index (χ4v) is 1.91. The van der Waals surface area contributed by atoms with Gasteiger partial charge in [-0.15, -0.1) is 11.3 Å². The second-order valence-corrected chi connectivity index (χ2v) is 3.87. The van der Waals surface area contributed by atoms with Crippen molar-refractivity contribution in [3.63, 3.8) is 0 Å². The highest BCUT2D eigenvalue weighted by atomic mass is 32.1. The number of aromatic nitrogens is 2. The van der Waals surface area contributed by atoms with Crippen LogP contribution < -0.4 is 0 Å². The lowest BCUT2D eigenvalue weighted by atomic mass is 10.3. The molecule has 0 aliphatic carbocycles. The summed E-state index contributed by atoms with van der Waals surface area (Å²) >= 11 is 1.29. The van der Waals surface area contributed by atoms with Crippen LogP contribution in [0.25, 0.3) is 10.7 Å². The largest absolute Gasteiger partial charge is 0.476 e. The van der Waals surface area contributed by atoms with E-state index >= 15 is 0 Å². The van der Waals surface area contributed by atoms with E-state index in [-0.39, 0.29) is 5.69 Å². The summed E-state index contributed by atoms with van der Waals surface area (Å²) in [7, 11) is 0. The molecule has 15 heavy (non-hydrogen) atoms. The van der Waals surface area contributed by atoms with Crippen molar-refractivity contribution in [2.75, 3.05) is 0 Å². The van der Waals surface area contributed by atoms with E-state index in [0.29, 0.717) is 10.7 Å². The van der Waals surface area contributed by atoms with Crippen LogP contribution in [0.2, 0.25) is 0 Å². The third kappa shape index (κ3) is 2.02. The molecule has 2 heterocycles. The monoisotopic (exact) mass is 220 g/mol. The quantitative estimate of drug-likeness (QED) is 0.842. The Balaban J connectivity index is 2.41. The Morgan fingerprint density at radius 2 is 2.20 bits per heavy atom. The van der Waals surface area contributed by atoms with Crippen molar-refractivity contribution in [3.05, 3.63) is 35.0 Å². The molecule has 0 saturated carbocycles. The molecule has 0 amide bonds. The van der Waals surface area contributed by atoms with Crippen molar-refractivity contribution < 1.29 is 9.90 Å². The highest BCUT2D eigenvalue weighted by molar-refractivity contribution is 7.13. The number of carboxylic acids is 1. The van der Waals surface area contributed by atoms with Crippen molar-refractivity contribution in [2.24, 2.45) is 0 Å². The molecule has 0 fully saturated rings. The molecule has 0 aliphatic heterocycles. The van der Waals surface area contributed by atoms with Gasteiger partial charge in [-0.1, -0.05) is 6.07 Å². The molecule has 1 N–H and O–H groups in total. The van der Waals surface area contributed by atoms with Gasteiger partial charge in [-0.25, -0.2) is 9.78 Å². The second kappa shape index (κ2) is 3.78. The zero-order valence-corrected chi connectivity index (χ0v) is 8.78. The van der Waals surface area contributed by atoms with E-state index in [1.165, 1.54) is 16.7 Å². The zero-order valence-electron chi connectivity index (χ0n) is 7.97. The maximum atomic E-state index is 10.6. The van der Waals surface area contributed by atoms with E-state index in [1.54, 1.807) is 0 Å². The minimum atomic E-state index is -1.01. The predicted octanol–water partition coefficient (Wildman–Crippen LogP) is 2.21. The van der Waals surface area contributed by atoms with Crippen molar-refractivity contribution in [3.8, 4) is 10.7 Å². The van der Waals surface area contributed by atoms with Crippen LogP contribution in [-0.4, -0.2) is 21.0 Å². The first kappa shape index (κ1) is 9.79. The van der Waals surface area contributed by atoms with Crippen molar-refractivity contribution in [2.45, 2.75) is 6.92 Å². The van der Waals surface area contributed by atoms with Gasteiger partial charge in [-0.2, -0.15) is 0 Å². The lowest BCUT2D eigenvalue weighted by Gasteiger charge is -1.95. The Hall–Kier alpha value is -1.75. The van der Waals surface area contributed by atoms with E-state index in [4.69, 9.17) is 5.11 Å². The maximum Gasteiger partial charge on any atom is 0.355 e. The molecular formula is C10H8N2O2S. The average molecular weight is 220 g/mol. The van der Waals surface area contributed by atoms with Crippen molar-refractivity contribution in [1.82, 2.24) is 9.97 Å². The van der Waals surface area contributed by atoms with Crippen LogP contribution in [0.4, 0.5) is 0 Å². The van der Waals surface area contributed by atoms with Crippen LogP contribution in [0.15, 0.2) is 23.6 Å². The van der Waals surface area contributed by atoms with Crippen molar-refractivity contribution in [1.29, 1.82) is 0 Å². The fraction of sp³-hybridized carbons (Fsp3) is 0.100. The number of thiazole rings is 1. The first-order valence-corrected chi connectivity index (χ1v) is 5.17. The molecule has 0 saturated heterocycles. The van der Waals surface area contributed by atoms with Gasteiger partial charge in [0.15, 0.2) is 5.69 Å². The lowest BCUT2D eigenvalue weighted by molar-refractivity contribution is 0.0691. The van der Waals surface area contributed by atoms with Gasteiger partial charge in [-0.3, -0.25) is 4.98 Å². The predicted molar refractivity (Wildman–Crippen MR) is 57.0 cm³/mol. The smallest absolute Gasteiger partial charge is 0.355 e. The topological polar surface area (TPSA) is 63.1 Å². The van der Waals surface area contributed by atoms with Gasteiger partial charge in [0.1, 0.15) is 5.01 Å². The van der Waals surface area contributed by atoms with Gasteiger partial charge in [-0.05, 0) is 19.1 Å². The molecule has 4 nitrogen and oxygen atoms in total. The van der Waals surface area contributed by atoms with E-state index < -0.39 is 5.97 Å². The number of hydrogen-bond donors (Lipinski definition) is 1. The van der Waals surface area contributed by atoms with Gasteiger partial charge in [0.25, 0.3) is 0 Å². The highest BCUT2D eigenvalue weighted by Crippen LogP contribution is 2.21. The van der Waals surface area contributed by atoms with Crippen LogP contribution in [0.3, 0.4) is 0 Å². The summed E-state index contributed by atoms with van der Waals surface area (Å²) in [4.78, 5) is 18.9. The average Bonchev–Trinajstić information content (AvgIpc) is 2.66. The third-order valence-corrected chi connectivity index (χ3v) is 2.70. The number of hydrogen-bond acceptors (Lipinski definition) is 4. The van der Waals surface area contributed by atoms with Crippen LogP contribution in [0.5, 0.6) is 0 Å². The molecule has 2 aromatic heterocycles. The number of aryl methyl sites for hydroxylation is 1. The Kier molecular flexibility index (Phi) is 2.47. The molecule has 0 bridgehead atoms. The summed E-state index contributed by atoms with van der Waals surface area (Å²) in [5.41, 5.74) is 1.67. The van der Waals surface area contributed by atoms with E-state index in [0.717, 1.165) is 5.69 Å². The number of rotatable bonds is 2. The zero-order chi connectivity index (χ0) is 10.8. The van der Waals surface area contributed by atoms with Crippen molar-refractivity contribution >= 4 is 17.3 Å². The Labute approximate surface area is 90.3 Å². The van der Waals surface area contributed by atoms with Gasteiger partial charge in [0.05, 0.1) is 5.69 Å². The number of pyridine rings is 1. The molecule has 2 aromatic rings. The number of aromatic carboxylic acids is 1. The summed E-state index contributed by atoms with van der Waals surface area (Å²) in [6, 6.07) is 5.58. The van der Waals surface area contributed by atoms with Gasteiger partial charge in [0, 0.05) is 11.1 Å². The standard InChI is InChI=1S/C10H8N2O2S/c1-6-3-2-4-7(11-6)9-12-8(5-15-9)10(13)14/h2-5H,1H3,(H,13,14).